The van der Waals surface area contributed by atoms with Crippen molar-refractivity contribution in [2.75, 3.05) is 0 Å². The van der Waals surface area contributed by atoms with E-state index in [1.165, 1.54) is 6.07 Å². The Morgan fingerprint density at radius 3 is 2.76 bits per heavy atom. The van der Waals surface area contributed by atoms with Crippen LogP contribution in [0.3, 0.4) is 0 Å². The van der Waals surface area contributed by atoms with E-state index in [0.717, 1.165) is 31.2 Å². The molecule has 1 N–H and O–H groups in total. The Kier molecular flexibility index (Phi) is 5.92. The highest BCUT2D eigenvalue weighted by Gasteiger charge is 2.12. The highest BCUT2D eigenvalue weighted by atomic mass is 19.1. The molecular weight excluding hydrogens is 215 g/mol. The van der Waals surface area contributed by atoms with Crippen molar-refractivity contribution in [2.45, 2.75) is 45.1 Å². The second kappa shape index (κ2) is 7.23. The smallest absolute Gasteiger partial charge is 0.129 e. The quantitative estimate of drug-likeness (QED) is 0.552. The van der Waals surface area contributed by atoms with Crippen LogP contribution in [0.25, 0.3) is 0 Å². The zero-order valence-electron chi connectivity index (χ0n) is 10.5. The number of benzene rings is 1. The minimum absolute atomic E-state index is 0.302. The summed E-state index contributed by atoms with van der Waals surface area (Å²) in [5.74, 6) is -0.302. The molecule has 1 rings (SSSR count). The Hall–Kier alpha value is -1.15. The fourth-order valence-electron chi connectivity index (χ4n) is 1.86. The Morgan fingerprint density at radius 2 is 2.12 bits per heavy atom. The van der Waals surface area contributed by atoms with E-state index in [1.807, 2.05) is 19.1 Å². The monoisotopic (exact) mass is 236 g/mol. The third kappa shape index (κ3) is 4.70. The Bertz CT molecular complexity index is 360. The molecule has 1 aromatic carbocycles. The standard InChI is InChI=1S/C15H21FO/c1-3-4-5-6-7-8-15(17)13-10-9-12(2)11-14(13)16/h3,9-11,15,17H,1,4-8H2,2H3. The predicted molar refractivity (Wildman–Crippen MR) is 69.4 cm³/mol. The van der Waals surface area contributed by atoms with Gasteiger partial charge in [-0.1, -0.05) is 31.1 Å². The maximum absolute atomic E-state index is 13.6. The normalized spacial score (nSPS) is 12.4. The van der Waals surface area contributed by atoms with Gasteiger partial charge in [-0.25, -0.2) is 4.39 Å². The van der Waals surface area contributed by atoms with Gasteiger partial charge < -0.3 is 5.11 Å². The number of rotatable bonds is 7. The third-order valence-electron chi connectivity index (χ3n) is 2.90. The number of allylic oxidation sites excluding steroid dienone is 1. The molecule has 0 heterocycles. The van der Waals surface area contributed by atoms with Crippen molar-refractivity contribution in [1.29, 1.82) is 0 Å². The van der Waals surface area contributed by atoms with E-state index >= 15 is 0 Å². The second-order valence-electron chi connectivity index (χ2n) is 4.47. The molecule has 17 heavy (non-hydrogen) atoms. The SMILES string of the molecule is C=CCCCCCC(O)c1ccc(C)cc1F. The molecule has 1 aromatic rings. The van der Waals surface area contributed by atoms with Gasteiger partial charge >= 0.3 is 0 Å². The van der Waals surface area contributed by atoms with E-state index in [4.69, 9.17) is 0 Å². The minimum atomic E-state index is -0.681. The lowest BCUT2D eigenvalue weighted by Gasteiger charge is -2.12. The molecule has 0 aromatic heterocycles. The van der Waals surface area contributed by atoms with Gasteiger partial charge in [0.05, 0.1) is 6.10 Å². The summed E-state index contributed by atoms with van der Waals surface area (Å²) in [6, 6.07) is 4.98. The molecule has 1 nitrogen and oxygen atoms in total. The van der Waals surface area contributed by atoms with Crippen molar-refractivity contribution in [2.24, 2.45) is 0 Å². The molecule has 0 aliphatic rings. The highest BCUT2D eigenvalue weighted by molar-refractivity contribution is 5.25. The van der Waals surface area contributed by atoms with Crippen LogP contribution in [-0.2, 0) is 0 Å². The fourth-order valence-corrected chi connectivity index (χ4v) is 1.86. The summed E-state index contributed by atoms with van der Waals surface area (Å²) in [4.78, 5) is 0. The van der Waals surface area contributed by atoms with Gasteiger partial charge in [0.1, 0.15) is 5.82 Å². The Balaban J connectivity index is 2.41. The van der Waals surface area contributed by atoms with Gasteiger partial charge in [-0.15, -0.1) is 6.58 Å². The summed E-state index contributed by atoms with van der Waals surface area (Å²) in [5, 5.41) is 9.89. The second-order valence-corrected chi connectivity index (χ2v) is 4.47. The van der Waals surface area contributed by atoms with Crippen LogP contribution in [-0.4, -0.2) is 5.11 Å². The molecule has 0 saturated carbocycles. The van der Waals surface area contributed by atoms with Crippen LogP contribution in [0, 0.1) is 12.7 Å². The molecule has 0 amide bonds. The highest BCUT2D eigenvalue weighted by Crippen LogP contribution is 2.23. The lowest BCUT2D eigenvalue weighted by molar-refractivity contribution is 0.159. The van der Waals surface area contributed by atoms with E-state index in [2.05, 4.69) is 6.58 Å². The van der Waals surface area contributed by atoms with Crippen LogP contribution < -0.4 is 0 Å². The molecule has 0 saturated heterocycles. The first-order chi connectivity index (χ1) is 8.15. The number of unbranched alkanes of at least 4 members (excludes halogenated alkanes) is 3. The number of hydrogen-bond acceptors (Lipinski definition) is 1. The Labute approximate surface area is 103 Å². The van der Waals surface area contributed by atoms with Crippen molar-refractivity contribution in [1.82, 2.24) is 0 Å². The van der Waals surface area contributed by atoms with Gasteiger partial charge in [-0.05, 0) is 37.8 Å². The first kappa shape index (κ1) is 13.9. The molecule has 94 valence electrons. The first-order valence-electron chi connectivity index (χ1n) is 6.20. The van der Waals surface area contributed by atoms with Crippen LogP contribution in [0.5, 0.6) is 0 Å². The average molecular weight is 236 g/mol. The molecule has 0 aliphatic heterocycles. The largest absolute Gasteiger partial charge is 0.388 e. The predicted octanol–water partition coefficient (Wildman–Crippen LogP) is 4.30. The van der Waals surface area contributed by atoms with E-state index in [0.29, 0.717) is 12.0 Å². The molecular formula is C15H21FO. The molecule has 0 bridgehead atoms. The van der Waals surface area contributed by atoms with Crippen LogP contribution in [0.4, 0.5) is 4.39 Å². The lowest BCUT2D eigenvalue weighted by Crippen LogP contribution is -2.01. The molecule has 0 fully saturated rings. The van der Waals surface area contributed by atoms with E-state index in [1.54, 1.807) is 6.07 Å². The topological polar surface area (TPSA) is 20.2 Å². The number of aliphatic hydroxyl groups is 1. The summed E-state index contributed by atoms with van der Waals surface area (Å²) in [5.41, 5.74) is 1.30. The summed E-state index contributed by atoms with van der Waals surface area (Å²) in [7, 11) is 0. The molecule has 2 heteroatoms. The zero-order valence-corrected chi connectivity index (χ0v) is 10.5. The number of aliphatic hydroxyl groups excluding tert-OH is 1. The van der Waals surface area contributed by atoms with Crippen molar-refractivity contribution < 1.29 is 9.50 Å². The molecule has 0 aliphatic carbocycles. The van der Waals surface area contributed by atoms with E-state index in [9.17, 15) is 9.50 Å². The van der Waals surface area contributed by atoms with Gasteiger partial charge in [0, 0.05) is 5.56 Å². The van der Waals surface area contributed by atoms with Crippen LogP contribution >= 0.6 is 0 Å². The molecule has 1 unspecified atom stereocenters. The van der Waals surface area contributed by atoms with E-state index in [-0.39, 0.29) is 5.82 Å². The minimum Gasteiger partial charge on any atom is -0.388 e. The lowest BCUT2D eigenvalue weighted by atomic mass is 10.0. The number of hydrogen-bond donors (Lipinski definition) is 1. The fraction of sp³-hybridized carbons (Fsp3) is 0.467. The summed E-state index contributed by atoms with van der Waals surface area (Å²) < 4.78 is 13.6. The molecule has 0 radical (unpaired) electrons. The summed E-state index contributed by atoms with van der Waals surface area (Å²) >= 11 is 0. The molecule has 0 spiro atoms. The van der Waals surface area contributed by atoms with E-state index < -0.39 is 6.10 Å². The number of aryl methyl sites for hydroxylation is 1. The van der Waals surface area contributed by atoms with Crippen molar-refractivity contribution in [3.8, 4) is 0 Å². The van der Waals surface area contributed by atoms with Crippen LogP contribution in [0.2, 0.25) is 0 Å². The Morgan fingerprint density at radius 1 is 1.35 bits per heavy atom. The third-order valence-corrected chi connectivity index (χ3v) is 2.90. The maximum Gasteiger partial charge on any atom is 0.129 e. The van der Waals surface area contributed by atoms with Crippen molar-refractivity contribution in [3.63, 3.8) is 0 Å². The van der Waals surface area contributed by atoms with Crippen LogP contribution in [0.1, 0.15) is 49.3 Å². The maximum atomic E-state index is 13.6. The average Bonchev–Trinajstić information content (AvgIpc) is 2.28. The molecule has 1 atom stereocenters. The van der Waals surface area contributed by atoms with Gasteiger partial charge in [0.25, 0.3) is 0 Å². The van der Waals surface area contributed by atoms with Gasteiger partial charge in [0.2, 0.25) is 0 Å². The van der Waals surface area contributed by atoms with Crippen molar-refractivity contribution >= 4 is 0 Å². The first-order valence-corrected chi connectivity index (χ1v) is 6.20. The van der Waals surface area contributed by atoms with Gasteiger partial charge in [0.15, 0.2) is 0 Å². The van der Waals surface area contributed by atoms with Crippen LogP contribution in [0.15, 0.2) is 30.9 Å². The summed E-state index contributed by atoms with van der Waals surface area (Å²) in [6.45, 7) is 5.50. The van der Waals surface area contributed by atoms with Gasteiger partial charge in [-0.2, -0.15) is 0 Å². The number of halogens is 1. The van der Waals surface area contributed by atoms with Crippen molar-refractivity contribution in [3.05, 3.63) is 47.8 Å². The van der Waals surface area contributed by atoms with Gasteiger partial charge in [-0.3, -0.25) is 0 Å². The summed E-state index contributed by atoms with van der Waals surface area (Å²) in [6.07, 6.45) is 5.91. The zero-order chi connectivity index (χ0) is 12.7.